The minimum Gasteiger partial charge on any atom is -0.489 e. The fraction of sp³-hybridized carbons (Fsp3) is 0.368. The first kappa shape index (κ1) is 17.8. The van der Waals surface area contributed by atoms with Crippen LogP contribution in [0.3, 0.4) is 0 Å². The molecule has 0 bridgehead atoms. The molecule has 3 aromatic rings. The van der Waals surface area contributed by atoms with Crippen LogP contribution >= 0.6 is 0 Å². The number of hydrogen-bond donors (Lipinski definition) is 0. The van der Waals surface area contributed by atoms with Gasteiger partial charge in [0.2, 0.25) is 5.89 Å². The fourth-order valence-corrected chi connectivity index (χ4v) is 3.18. The summed E-state index contributed by atoms with van der Waals surface area (Å²) in [6.45, 7) is 3.67. The number of halogens is 4. The number of alkyl halides is 4. The molecule has 0 unspecified atom stereocenters. The van der Waals surface area contributed by atoms with Crippen LogP contribution < -0.4 is 4.74 Å². The second-order valence-electron chi connectivity index (χ2n) is 6.83. The molecule has 0 atom stereocenters. The van der Waals surface area contributed by atoms with Crippen molar-refractivity contribution in [3.8, 4) is 17.2 Å². The third-order valence-corrected chi connectivity index (χ3v) is 4.45. The van der Waals surface area contributed by atoms with E-state index in [-0.39, 0.29) is 23.1 Å². The molecule has 0 amide bonds. The lowest BCUT2D eigenvalue weighted by atomic mass is 9.85. The number of fused-ring (bicyclic) bond motifs is 2. The van der Waals surface area contributed by atoms with Crippen molar-refractivity contribution in [3.63, 3.8) is 0 Å². The lowest BCUT2D eigenvalue weighted by molar-refractivity contribution is -0.0956. The summed E-state index contributed by atoms with van der Waals surface area (Å²) in [5, 5.41) is 0. The van der Waals surface area contributed by atoms with Gasteiger partial charge < -0.3 is 9.15 Å². The number of ether oxygens (including phenoxy) is 1. The van der Waals surface area contributed by atoms with Gasteiger partial charge in [-0.15, -0.1) is 0 Å². The van der Waals surface area contributed by atoms with Crippen molar-refractivity contribution in [1.29, 1.82) is 0 Å². The third kappa shape index (κ3) is 3.02. The average molecular weight is 380 g/mol. The molecule has 0 saturated carbocycles. The summed E-state index contributed by atoms with van der Waals surface area (Å²) in [7, 11) is 0. The SMILES string of the molecule is CC(C)Oc1cnccc1-c1nc2cc3c(cc2o1)C(F)(F)CCC3(F)F. The van der Waals surface area contributed by atoms with Gasteiger partial charge in [0, 0.05) is 30.2 Å². The number of hydrogen-bond acceptors (Lipinski definition) is 4. The summed E-state index contributed by atoms with van der Waals surface area (Å²) in [5.41, 5.74) is -0.824. The maximum atomic E-state index is 14.2. The van der Waals surface area contributed by atoms with E-state index in [4.69, 9.17) is 9.15 Å². The summed E-state index contributed by atoms with van der Waals surface area (Å²) in [6.07, 6.45) is 1.04. The van der Waals surface area contributed by atoms with Crippen molar-refractivity contribution < 1.29 is 26.7 Å². The molecular weight excluding hydrogens is 364 g/mol. The van der Waals surface area contributed by atoms with Crippen molar-refractivity contribution in [2.24, 2.45) is 0 Å². The van der Waals surface area contributed by atoms with Gasteiger partial charge in [-0.2, -0.15) is 0 Å². The topological polar surface area (TPSA) is 48.2 Å². The fourth-order valence-electron chi connectivity index (χ4n) is 3.18. The van der Waals surface area contributed by atoms with Crippen molar-refractivity contribution >= 4 is 11.1 Å². The van der Waals surface area contributed by atoms with Gasteiger partial charge in [-0.25, -0.2) is 22.5 Å². The Morgan fingerprint density at radius 1 is 1.07 bits per heavy atom. The van der Waals surface area contributed by atoms with E-state index < -0.39 is 35.8 Å². The Morgan fingerprint density at radius 2 is 1.74 bits per heavy atom. The molecule has 1 aliphatic rings. The van der Waals surface area contributed by atoms with Crippen LogP contribution in [-0.2, 0) is 11.8 Å². The molecule has 0 fully saturated rings. The van der Waals surface area contributed by atoms with Crippen LogP contribution in [0.15, 0.2) is 35.0 Å². The van der Waals surface area contributed by atoms with Gasteiger partial charge in [0.1, 0.15) is 5.52 Å². The standard InChI is InChI=1S/C19H16F4N2O2/c1-10(2)26-16-9-24-6-3-11(16)17-25-14-7-12-13(8-15(14)27-17)19(22,23)5-4-18(12,20)21/h3,6-10H,4-5H2,1-2H3. The normalized spacial score (nSPS) is 17.9. The molecule has 0 aliphatic heterocycles. The van der Waals surface area contributed by atoms with Gasteiger partial charge in [0.05, 0.1) is 17.9 Å². The molecule has 2 aromatic heterocycles. The van der Waals surface area contributed by atoms with Crippen molar-refractivity contribution in [1.82, 2.24) is 9.97 Å². The quantitative estimate of drug-likeness (QED) is 0.551. The number of nitrogens with zero attached hydrogens (tertiary/aromatic N) is 2. The molecule has 142 valence electrons. The summed E-state index contributed by atoms with van der Waals surface area (Å²) >= 11 is 0. The Bertz CT molecular complexity index is 961. The molecule has 0 radical (unpaired) electrons. The van der Waals surface area contributed by atoms with Gasteiger partial charge in [-0.05, 0) is 32.0 Å². The van der Waals surface area contributed by atoms with E-state index >= 15 is 0 Å². The van der Waals surface area contributed by atoms with E-state index in [9.17, 15) is 17.6 Å². The van der Waals surface area contributed by atoms with Crippen LogP contribution in [0.4, 0.5) is 17.6 Å². The van der Waals surface area contributed by atoms with Crippen LogP contribution in [0.2, 0.25) is 0 Å². The van der Waals surface area contributed by atoms with Crippen LogP contribution in [0.25, 0.3) is 22.6 Å². The molecular formula is C19H16F4N2O2. The smallest absolute Gasteiger partial charge is 0.274 e. The minimum atomic E-state index is -3.33. The van der Waals surface area contributed by atoms with E-state index in [1.165, 1.54) is 12.4 Å². The molecule has 0 saturated heterocycles. The Hall–Kier alpha value is -2.64. The maximum Gasteiger partial charge on any atom is 0.274 e. The monoisotopic (exact) mass is 380 g/mol. The Labute approximate surface area is 152 Å². The maximum absolute atomic E-state index is 14.2. The molecule has 4 rings (SSSR count). The third-order valence-electron chi connectivity index (χ3n) is 4.45. The highest BCUT2D eigenvalue weighted by Crippen LogP contribution is 2.50. The lowest BCUT2D eigenvalue weighted by Crippen LogP contribution is -2.30. The molecule has 1 aliphatic carbocycles. The van der Waals surface area contributed by atoms with E-state index in [2.05, 4.69) is 9.97 Å². The number of pyridine rings is 1. The number of rotatable bonds is 3. The lowest BCUT2D eigenvalue weighted by Gasteiger charge is -2.30. The zero-order valence-electron chi connectivity index (χ0n) is 14.6. The molecule has 0 N–H and O–H groups in total. The van der Waals surface area contributed by atoms with Crippen molar-refractivity contribution in [3.05, 3.63) is 41.7 Å². The number of aromatic nitrogens is 2. The molecule has 2 heterocycles. The van der Waals surface area contributed by atoms with Crippen LogP contribution in [0.1, 0.15) is 37.8 Å². The predicted molar refractivity (Wildman–Crippen MR) is 90.0 cm³/mol. The first-order valence-corrected chi connectivity index (χ1v) is 8.49. The van der Waals surface area contributed by atoms with E-state index in [1.807, 2.05) is 13.8 Å². The summed E-state index contributed by atoms with van der Waals surface area (Å²) in [4.78, 5) is 8.21. The van der Waals surface area contributed by atoms with Gasteiger partial charge in [-0.3, -0.25) is 4.98 Å². The van der Waals surface area contributed by atoms with Crippen molar-refractivity contribution in [2.45, 2.75) is 44.6 Å². The first-order valence-electron chi connectivity index (χ1n) is 8.49. The Balaban J connectivity index is 1.88. The molecule has 8 heteroatoms. The van der Waals surface area contributed by atoms with Crippen LogP contribution in [0.5, 0.6) is 5.75 Å². The van der Waals surface area contributed by atoms with Crippen LogP contribution in [0, 0.1) is 0 Å². The van der Waals surface area contributed by atoms with E-state index in [0.29, 0.717) is 11.3 Å². The number of oxazole rings is 1. The first-order chi connectivity index (χ1) is 12.7. The highest BCUT2D eigenvalue weighted by molar-refractivity contribution is 5.79. The molecule has 4 nitrogen and oxygen atoms in total. The largest absolute Gasteiger partial charge is 0.489 e. The summed E-state index contributed by atoms with van der Waals surface area (Å²) < 4.78 is 68.0. The van der Waals surface area contributed by atoms with Crippen LogP contribution in [-0.4, -0.2) is 16.1 Å². The molecule has 0 spiro atoms. The van der Waals surface area contributed by atoms with Gasteiger partial charge in [0.15, 0.2) is 11.3 Å². The predicted octanol–water partition coefficient (Wildman–Crippen LogP) is 5.65. The molecule has 1 aromatic carbocycles. The average Bonchev–Trinajstić information content (AvgIpc) is 3.01. The van der Waals surface area contributed by atoms with E-state index in [1.54, 1.807) is 6.07 Å². The van der Waals surface area contributed by atoms with Gasteiger partial charge in [-0.1, -0.05) is 0 Å². The zero-order chi connectivity index (χ0) is 19.4. The number of benzene rings is 1. The summed E-state index contributed by atoms with van der Waals surface area (Å²) in [5.74, 6) is -6.16. The zero-order valence-corrected chi connectivity index (χ0v) is 14.6. The second kappa shape index (κ2) is 5.94. The van der Waals surface area contributed by atoms with E-state index in [0.717, 1.165) is 12.1 Å². The van der Waals surface area contributed by atoms with Crippen molar-refractivity contribution in [2.75, 3.05) is 0 Å². The van der Waals surface area contributed by atoms with Gasteiger partial charge in [0.25, 0.3) is 11.8 Å². The summed E-state index contributed by atoms with van der Waals surface area (Å²) in [6, 6.07) is 3.57. The minimum absolute atomic E-state index is 0.0217. The Kier molecular flexibility index (Phi) is 3.90. The second-order valence-corrected chi connectivity index (χ2v) is 6.83. The Morgan fingerprint density at radius 3 is 2.41 bits per heavy atom. The highest BCUT2D eigenvalue weighted by Gasteiger charge is 2.49. The highest BCUT2D eigenvalue weighted by atomic mass is 19.3. The molecule has 27 heavy (non-hydrogen) atoms. The van der Waals surface area contributed by atoms with Gasteiger partial charge >= 0.3 is 0 Å².